The molecule has 1 aromatic rings. The molecule has 1 aliphatic heterocycles. The van der Waals surface area contributed by atoms with Gasteiger partial charge in [-0.15, -0.1) is 11.3 Å². The van der Waals surface area contributed by atoms with E-state index in [0.717, 1.165) is 6.54 Å². The first kappa shape index (κ1) is 12.1. The molecule has 0 amide bonds. The van der Waals surface area contributed by atoms with E-state index in [1.54, 1.807) is 0 Å². The van der Waals surface area contributed by atoms with Crippen LogP contribution in [-0.4, -0.2) is 31.1 Å². The molecule has 2 heterocycles. The molecule has 0 bridgehead atoms. The average molecular weight is 238 g/mol. The molecule has 3 heteroatoms. The van der Waals surface area contributed by atoms with Gasteiger partial charge in [0, 0.05) is 28.3 Å². The van der Waals surface area contributed by atoms with Crippen LogP contribution in [0.3, 0.4) is 0 Å². The van der Waals surface area contributed by atoms with Crippen molar-refractivity contribution in [1.29, 1.82) is 0 Å². The molecule has 0 saturated carbocycles. The Bertz CT molecular complexity index is 334. The zero-order valence-electron chi connectivity index (χ0n) is 10.3. The summed E-state index contributed by atoms with van der Waals surface area (Å²) >= 11 is 1.91. The van der Waals surface area contributed by atoms with Gasteiger partial charge in [-0.1, -0.05) is 6.42 Å². The molecule has 2 atom stereocenters. The van der Waals surface area contributed by atoms with Gasteiger partial charge in [-0.2, -0.15) is 0 Å². The van der Waals surface area contributed by atoms with Gasteiger partial charge in [-0.05, 0) is 45.5 Å². The number of hydrogen-bond acceptors (Lipinski definition) is 3. The SMILES string of the molecule is Cc1ccc(C(CN)C2CCCCN2C)s1. The van der Waals surface area contributed by atoms with Crippen LogP contribution in [0.15, 0.2) is 12.1 Å². The Kier molecular flexibility index (Phi) is 4.00. The van der Waals surface area contributed by atoms with Crippen molar-refractivity contribution < 1.29 is 0 Å². The summed E-state index contributed by atoms with van der Waals surface area (Å²) in [5.41, 5.74) is 5.99. The third-order valence-corrected chi connectivity index (χ3v) is 4.80. The van der Waals surface area contributed by atoms with Crippen LogP contribution in [0.4, 0.5) is 0 Å². The number of nitrogens with two attached hydrogens (primary N) is 1. The molecule has 2 unspecified atom stereocenters. The zero-order chi connectivity index (χ0) is 11.5. The molecule has 0 aromatic carbocycles. The van der Waals surface area contributed by atoms with Crippen molar-refractivity contribution in [2.45, 2.75) is 38.1 Å². The molecule has 2 N–H and O–H groups in total. The molecular formula is C13H22N2S. The Labute approximate surface area is 102 Å². The maximum absolute atomic E-state index is 5.99. The van der Waals surface area contributed by atoms with Crippen molar-refractivity contribution in [3.63, 3.8) is 0 Å². The van der Waals surface area contributed by atoms with Crippen LogP contribution in [0.1, 0.15) is 34.9 Å². The number of piperidine rings is 1. The van der Waals surface area contributed by atoms with Gasteiger partial charge < -0.3 is 10.6 Å². The van der Waals surface area contributed by atoms with Crippen LogP contribution in [0.25, 0.3) is 0 Å². The van der Waals surface area contributed by atoms with Crippen LogP contribution >= 0.6 is 11.3 Å². The average Bonchev–Trinajstić information content (AvgIpc) is 2.69. The highest BCUT2D eigenvalue weighted by atomic mass is 32.1. The summed E-state index contributed by atoms with van der Waals surface area (Å²) in [4.78, 5) is 5.36. The fraction of sp³-hybridized carbons (Fsp3) is 0.692. The van der Waals surface area contributed by atoms with E-state index >= 15 is 0 Å². The van der Waals surface area contributed by atoms with Crippen LogP contribution in [0.2, 0.25) is 0 Å². The molecule has 1 fully saturated rings. The summed E-state index contributed by atoms with van der Waals surface area (Å²) in [7, 11) is 2.24. The molecule has 16 heavy (non-hydrogen) atoms. The third-order valence-electron chi connectivity index (χ3n) is 3.67. The normalized spacial score (nSPS) is 24.6. The smallest absolute Gasteiger partial charge is 0.0211 e. The predicted octanol–water partition coefficient (Wildman–Crippen LogP) is 2.58. The number of rotatable bonds is 3. The minimum absolute atomic E-state index is 0.531. The molecule has 1 aromatic heterocycles. The second kappa shape index (κ2) is 5.30. The zero-order valence-corrected chi connectivity index (χ0v) is 11.1. The number of likely N-dealkylation sites (tertiary alicyclic amines) is 1. The van der Waals surface area contributed by atoms with Crippen molar-refractivity contribution >= 4 is 11.3 Å². The Balaban J connectivity index is 2.14. The van der Waals surface area contributed by atoms with Gasteiger partial charge in [-0.25, -0.2) is 0 Å². The summed E-state index contributed by atoms with van der Waals surface area (Å²) in [6.45, 7) is 4.17. The van der Waals surface area contributed by atoms with E-state index in [2.05, 4.69) is 31.0 Å². The first-order chi connectivity index (χ1) is 7.72. The highest BCUT2D eigenvalue weighted by Gasteiger charge is 2.28. The Morgan fingerprint density at radius 2 is 2.31 bits per heavy atom. The van der Waals surface area contributed by atoms with Gasteiger partial charge in [0.1, 0.15) is 0 Å². The number of hydrogen-bond donors (Lipinski definition) is 1. The maximum atomic E-state index is 5.99. The van der Waals surface area contributed by atoms with Crippen LogP contribution < -0.4 is 5.73 Å². The number of nitrogens with zero attached hydrogens (tertiary/aromatic N) is 1. The topological polar surface area (TPSA) is 29.3 Å². The molecule has 0 spiro atoms. The highest BCUT2D eigenvalue weighted by Crippen LogP contribution is 2.32. The lowest BCUT2D eigenvalue weighted by Gasteiger charge is -2.37. The van der Waals surface area contributed by atoms with Crippen LogP contribution in [0, 0.1) is 6.92 Å². The van der Waals surface area contributed by atoms with Crippen LogP contribution in [-0.2, 0) is 0 Å². The van der Waals surface area contributed by atoms with Crippen molar-refractivity contribution in [3.8, 4) is 0 Å². The Hall–Kier alpha value is -0.380. The van der Waals surface area contributed by atoms with Crippen LogP contribution in [0.5, 0.6) is 0 Å². The minimum atomic E-state index is 0.531. The van der Waals surface area contributed by atoms with E-state index in [4.69, 9.17) is 5.73 Å². The van der Waals surface area contributed by atoms with E-state index in [9.17, 15) is 0 Å². The van der Waals surface area contributed by atoms with Gasteiger partial charge in [0.15, 0.2) is 0 Å². The van der Waals surface area contributed by atoms with E-state index in [1.165, 1.54) is 35.6 Å². The molecule has 1 saturated heterocycles. The lowest BCUT2D eigenvalue weighted by molar-refractivity contribution is 0.161. The first-order valence-electron chi connectivity index (χ1n) is 6.19. The summed E-state index contributed by atoms with van der Waals surface area (Å²) < 4.78 is 0. The molecule has 2 nitrogen and oxygen atoms in total. The Morgan fingerprint density at radius 1 is 1.50 bits per heavy atom. The fourth-order valence-electron chi connectivity index (χ4n) is 2.72. The fourth-order valence-corrected chi connectivity index (χ4v) is 3.77. The van der Waals surface area contributed by atoms with Gasteiger partial charge in [0.25, 0.3) is 0 Å². The summed E-state index contributed by atoms with van der Waals surface area (Å²) in [5.74, 6) is 0.531. The maximum Gasteiger partial charge on any atom is 0.0211 e. The van der Waals surface area contributed by atoms with E-state index < -0.39 is 0 Å². The van der Waals surface area contributed by atoms with Crippen molar-refractivity contribution in [1.82, 2.24) is 4.90 Å². The standard InChI is InChI=1S/C13H22N2S/c1-10-6-7-13(16-10)11(9-14)12-5-3-4-8-15(12)2/h6-7,11-12H,3-5,8-9,14H2,1-2H3. The van der Waals surface area contributed by atoms with Gasteiger partial charge in [0.05, 0.1) is 0 Å². The number of aryl methyl sites for hydroxylation is 1. The third kappa shape index (κ3) is 2.47. The first-order valence-corrected chi connectivity index (χ1v) is 7.00. The Morgan fingerprint density at radius 3 is 2.88 bits per heavy atom. The molecular weight excluding hydrogens is 216 g/mol. The quantitative estimate of drug-likeness (QED) is 0.877. The molecule has 1 aliphatic rings. The van der Waals surface area contributed by atoms with Crippen molar-refractivity contribution in [2.75, 3.05) is 20.1 Å². The number of thiophene rings is 1. The molecule has 0 aliphatic carbocycles. The molecule has 2 rings (SSSR count). The molecule has 90 valence electrons. The second-order valence-electron chi connectivity index (χ2n) is 4.83. The summed E-state index contributed by atoms with van der Waals surface area (Å²) in [6, 6.07) is 5.13. The van der Waals surface area contributed by atoms with Gasteiger partial charge in [0.2, 0.25) is 0 Å². The lowest BCUT2D eigenvalue weighted by atomic mass is 9.89. The van der Waals surface area contributed by atoms with Crippen molar-refractivity contribution in [3.05, 3.63) is 21.9 Å². The predicted molar refractivity (Wildman–Crippen MR) is 71.1 cm³/mol. The van der Waals surface area contributed by atoms with Crippen molar-refractivity contribution in [2.24, 2.45) is 5.73 Å². The largest absolute Gasteiger partial charge is 0.330 e. The lowest BCUT2D eigenvalue weighted by Crippen LogP contribution is -2.42. The van der Waals surface area contributed by atoms with E-state index in [1.807, 2.05) is 11.3 Å². The minimum Gasteiger partial charge on any atom is -0.330 e. The number of likely N-dealkylation sites (N-methyl/N-ethyl adjacent to an activating group) is 1. The summed E-state index contributed by atoms with van der Waals surface area (Å²) in [6.07, 6.45) is 4.00. The van der Waals surface area contributed by atoms with Gasteiger partial charge in [-0.3, -0.25) is 0 Å². The van der Waals surface area contributed by atoms with Gasteiger partial charge >= 0.3 is 0 Å². The monoisotopic (exact) mass is 238 g/mol. The van der Waals surface area contributed by atoms with E-state index in [0.29, 0.717) is 12.0 Å². The highest BCUT2D eigenvalue weighted by molar-refractivity contribution is 7.12. The van der Waals surface area contributed by atoms with E-state index in [-0.39, 0.29) is 0 Å². The molecule has 0 radical (unpaired) electrons. The second-order valence-corrected chi connectivity index (χ2v) is 6.15. The summed E-state index contributed by atoms with van der Waals surface area (Å²) in [5, 5.41) is 0.